The fourth-order valence-electron chi connectivity index (χ4n) is 0.632. The van der Waals surface area contributed by atoms with Crippen LogP contribution in [-0.2, 0) is 0 Å². The number of rotatable bonds is 0. The minimum atomic E-state index is -0.607. The molecule has 1 nitrogen and oxygen atoms in total. The van der Waals surface area contributed by atoms with Crippen LogP contribution in [0.2, 0.25) is 5.02 Å². The molecule has 0 heterocycles. The molecule has 2 radical (unpaired) electrons. The van der Waals surface area contributed by atoms with Gasteiger partial charge in [-0.2, -0.15) is 0 Å². The van der Waals surface area contributed by atoms with Gasteiger partial charge < -0.3 is 5.73 Å². The summed E-state index contributed by atoms with van der Waals surface area (Å²) in [6.07, 6.45) is 0. The van der Waals surface area contributed by atoms with Crippen LogP contribution in [0.1, 0.15) is 0 Å². The van der Waals surface area contributed by atoms with Crippen molar-refractivity contribution in [3.63, 3.8) is 0 Å². The lowest BCUT2D eigenvalue weighted by atomic mass is 9.95. The zero-order chi connectivity index (χ0) is 7.72. The maximum absolute atomic E-state index is 12.6. The van der Waals surface area contributed by atoms with Gasteiger partial charge in [0, 0.05) is 5.02 Å². The summed E-state index contributed by atoms with van der Waals surface area (Å²) in [5.74, 6) is -0.607. The summed E-state index contributed by atoms with van der Waals surface area (Å²) >= 11 is 5.50. The van der Waals surface area contributed by atoms with Crippen LogP contribution in [0.5, 0.6) is 0 Å². The van der Waals surface area contributed by atoms with Gasteiger partial charge in [0.2, 0.25) is 0 Å². The van der Waals surface area contributed by atoms with Crippen molar-refractivity contribution < 1.29 is 4.39 Å². The average Bonchev–Trinajstić information content (AvgIpc) is 1.82. The lowest BCUT2D eigenvalue weighted by molar-refractivity contribution is 0.640. The van der Waals surface area contributed by atoms with Crippen LogP contribution in [0.25, 0.3) is 0 Å². The van der Waals surface area contributed by atoms with E-state index in [-0.39, 0.29) is 11.2 Å². The Labute approximate surface area is 64.4 Å². The van der Waals surface area contributed by atoms with E-state index in [9.17, 15) is 4.39 Å². The van der Waals surface area contributed by atoms with Gasteiger partial charge in [-0.3, -0.25) is 0 Å². The van der Waals surface area contributed by atoms with Crippen LogP contribution in [-0.4, -0.2) is 7.85 Å². The minimum absolute atomic E-state index is 0.0231. The summed E-state index contributed by atoms with van der Waals surface area (Å²) in [7, 11) is 5.18. The molecule has 0 saturated carbocycles. The van der Waals surface area contributed by atoms with Crippen molar-refractivity contribution in [2.45, 2.75) is 0 Å². The van der Waals surface area contributed by atoms with Gasteiger partial charge in [-0.25, -0.2) is 4.39 Å². The van der Waals surface area contributed by atoms with Gasteiger partial charge in [0.25, 0.3) is 0 Å². The molecular formula is C6H4BClFN. The van der Waals surface area contributed by atoms with E-state index in [4.69, 9.17) is 25.2 Å². The largest absolute Gasteiger partial charge is 0.396 e. The van der Waals surface area contributed by atoms with Crippen LogP contribution in [0.3, 0.4) is 0 Å². The van der Waals surface area contributed by atoms with Crippen molar-refractivity contribution in [2.75, 3.05) is 5.73 Å². The summed E-state index contributed by atoms with van der Waals surface area (Å²) in [6.45, 7) is 0. The fourth-order valence-corrected chi connectivity index (χ4v) is 0.867. The summed E-state index contributed by atoms with van der Waals surface area (Å²) in [5.41, 5.74) is 5.14. The Balaban J connectivity index is 3.31. The van der Waals surface area contributed by atoms with Gasteiger partial charge in [0.15, 0.2) is 0 Å². The Morgan fingerprint density at radius 2 is 2.10 bits per heavy atom. The maximum atomic E-state index is 12.6. The summed E-state index contributed by atoms with van der Waals surface area (Å²) in [6, 6.07) is 2.63. The third-order valence-corrected chi connectivity index (χ3v) is 1.31. The molecule has 0 aliphatic carbocycles. The second kappa shape index (κ2) is 2.50. The average molecular weight is 155 g/mol. The third-order valence-electron chi connectivity index (χ3n) is 1.09. The molecule has 0 fully saturated rings. The Hall–Kier alpha value is -0.695. The smallest absolute Gasteiger partial charge is 0.139 e. The van der Waals surface area contributed by atoms with E-state index in [1.54, 1.807) is 0 Å². The van der Waals surface area contributed by atoms with Gasteiger partial charge in [0.1, 0.15) is 13.7 Å². The normalized spacial score (nSPS) is 9.80. The number of benzene rings is 1. The number of halogens is 2. The molecule has 1 rings (SSSR count). The van der Waals surface area contributed by atoms with Crippen molar-refractivity contribution in [1.29, 1.82) is 0 Å². The first-order valence-corrected chi connectivity index (χ1v) is 2.99. The van der Waals surface area contributed by atoms with Crippen molar-refractivity contribution >= 4 is 30.6 Å². The Bertz CT molecular complexity index is 241. The molecule has 2 N–H and O–H groups in total. The first-order chi connectivity index (χ1) is 4.61. The molecule has 0 aromatic heterocycles. The molecule has 0 aliphatic rings. The van der Waals surface area contributed by atoms with Gasteiger partial charge in [-0.15, -0.1) is 0 Å². The van der Waals surface area contributed by atoms with E-state index in [1.165, 1.54) is 12.1 Å². The Morgan fingerprint density at radius 1 is 1.50 bits per heavy atom. The molecule has 0 bridgehead atoms. The topological polar surface area (TPSA) is 26.0 Å². The lowest BCUT2D eigenvalue weighted by Gasteiger charge is -2.00. The highest BCUT2D eigenvalue weighted by atomic mass is 35.5. The van der Waals surface area contributed by atoms with Gasteiger partial charge in [-0.05, 0) is 12.1 Å². The van der Waals surface area contributed by atoms with Crippen LogP contribution in [0, 0.1) is 5.82 Å². The third kappa shape index (κ3) is 1.24. The highest BCUT2D eigenvalue weighted by Gasteiger charge is 2.01. The van der Waals surface area contributed by atoms with Crippen molar-refractivity contribution in [3.05, 3.63) is 23.0 Å². The quantitative estimate of drug-likeness (QED) is 0.436. The van der Waals surface area contributed by atoms with E-state index < -0.39 is 5.82 Å². The van der Waals surface area contributed by atoms with Crippen molar-refractivity contribution in [3.8, 4) is 0 Å². The number of hydrogen-bond donors (Lipinski definition) is 1. The zero-order valence-electron chi connectivity index (χ0n) is 5.07. The molecule has 0 spiro atoms. The summed E-state index contributed by atoms with van der Waals surface area (Å²) in [5, 5.41) is 0.344. The van der Waals surface area contributed by atoms with E-state index in [2.05, 4.69) is 0 Å². The van der Waals surface area contributed by atoms with Gasteiger partial charge in [-0.1, -0.05) is 17.1 Å². The first-order valence-electron chi connectivity index (χ1n) is 2.61. The fraction of sp³-hybridized carbons (Fsp3) is 0. The molecule has 4 heteroatoms. The van der Waals surface area contributed by atoms with Gasteiger partial charge >= 0.3 is 0 Å². The number of hydrogen-bond acceptors (Lipinski definition) is 1. The number of anilines is 1. The molecule has 0 saturated heterocycles. The Morgan fingerprint density at radius 3 is 2.60 bits per heavy atom. The van der Waals surface area contributed by atoms with Crippen molar-refractivity contribution in [2.24, 2.45) is 0 Å². The zero-order valence-corrected chi connectivity index (χ0v) is 5.82. The molecule has 1 aromatic rings. The van der Waals surface area contributed by atoms with Crippen molar-refractivity contribution in [1.82, 2.24) is 0 Å². The SMILES string of the molecule is [B]c1cc(Cl)cc(N)c1F. The van der Waals surface area contributed by atoms with E-state index in [0.29, 0.717) is 5.02 Å². The van der Waals surface area contributed by atoms with Crippen LogP contribution in [0.4, 0.5) is 10.1 Å². The van der Waals surface area contributed by atoms with E-state index in [1.807, 2.05) is 0 Å². The highest BCUT2D eigenvalue weighted by molar-refractivity contribution is 6.36. The lowest BCUT2D eigenvalue weighted by Crippen LogP contribution is -2.10. The number of nitrogen functional groups attached to an aromatic ring is 1. The molecule has 10 heavy (non-hydrogen) atoms. The summed E-state index contributed by atoms with van der Waals surface area (Å²) < 4.78 is 12.6. The Kier molecular flexibility index (Phi) is 1.86. The molecule has 0 aliphatic heterocycles. The molecule has 0 amide bonds. The predicted molar refractivity (Wildman–Crippen MR) is 41.2 cm³/mol. The monoisotopic (exact) mass is 155 g/mol. The van der Waals surface area contributed by atoms with Crippen LogP contribution < -0.4 is 11.2 Å². The molecular weight excluding hydrogens is 151 g/mol. The molecule has 1 aromatic carbocycles. The predicted octanol–water partition coefficient (Wildman–Crippen LogP) is 0.855. The number of nitrogens with two attached hydrogens (primary N) is 1. The second-order valence-electron chi connectivity index (χ2n) is 1.90. The van der Waals surface area contributed by atoms with Crippen LogP contribution >= 0.6 is 11.6 Å². The first kappa shape index (κ1) is 7.41. The summed E-state index contributed by atoms with van der Waals surface area (Å²) in [4.78, 5) is 0. The minimum Gasteiger partial charge on any atom is -0.396 e. The molecule has 50 valence electrons. The second-order valence-corrected chi connectivity index (χ2v) is 2.33. The van der Waals surface area contributed by atoms with Crippen LogP contribution in [0.15, 0.2) is 12.1 Å². The standard InChI is InChI=1S/C6H4BClFN/c7-4-1-3(8)2-5(10)6(4)9/h1-2H,10H2. The molecule has 0 atom stereocenters. The van der Waals surface area contributed by atoms with E-state index in [0.717, 1.165) is 0 Å². The molecule has 0 unspecified atom stereocenters. The van der Waals surface area contributed by atoms with E-state index >= 15 is 0 Å². The van der Waals surface area contributed by atoms with Gasteiger partial charge in [0.05, 0.1) is 5.69 Å². The highest BCUT2D eigenvalue weighted by Crippen LogP contribution is 2.13. The maximum Gasteiger partial charge on any atom is 0.139 e.